The number of esters is 1. The van der Waals surface area contributed by atoms with Crippen LogP contribution in [-0.4, -0.2) is 35.7 Å². The minimum Gasteiger partial charge on any atom is -0.469 e. The zero-order valence-electron chi connectivity index (χ0n) is 14.5. The van der Waals surface area contributed by atoms with Crippen molar-refractivity contribution in [3.63, 3.8) is 0 Å². The molecular formula is C19H17N3O5. The predicted molar refractivity (Wildman–Crippen MR) is 98.8 cm³/mol. The molecule has 138 valence electrons. The van der Waals surface area contributed by atoms with Gasteiger partial charge in [-0.25, -0.2) is 0 Å². The lowest BCUT2D eigenvalue weighted by atomic mass is 10.00. The Kier molecular flexibility index (Phi) is 5.25. The first-order valence-electron chi connectivity index (χ1n) is 8.29. The number of aliphatic imine (C=N–C) groups is 1. The Labute approximate surface area is 155 Å². The highest BCUT2D eigenvalue weighted by molar-refractivity contribution is 6.20. The third-order valence-electron chi connectivity index (χ3n) is 4.21. The minimum absolute atomic E-state index is 0.0383. The maximum Gasteiger partial charge on any atom is 0.305 e. The molecule has 0 saturated heterocycles. The molecule has 1 amide bonds. The molecule has 1 aliphatic rings. The quantitative estimate of drug-likeness (QED) is 0.496. The zero-order valence-corrected chi connectivity index (χ0v) is 14.5. The fourth-order valence-corrected chi connectivity index (χ4v) is 2.83. The molecule has 0 radical (unpaired) electrons. The number of methoxy groups -OCH3 is 1. The van der Waals surface area contributed by atoms with Crippen molar-refractivity contribution in [3.05, 3.63) is 69.8 Å². The van der Waals surface area contributed by atoms with Crippen molar-refractivity contribution in [1.29, 1.82) is 0 Å². The molecule has 0 unspecified atom stereocenters. The van der Waals surface area contributed by atoms with Gasteiger partial charge in [0.15, 0.2) is 0 Å². The summed E-state index contributed by atoms with van der Waals surface area (Å²) < 4.78 is 4.63. The molecule has 1 aliphatic heterocycles. The van der Waals surface area contributed by atoms with Gasteiger partial charge in [-0.05, 0) is 12.5 Å². The molecule has 27 heavy (non-hydrogen) atoms. The van der Waals surface area contributed by atoms with Crippen molar-refractivity contribution in [2.45, 2.75) is 18.9 Å². The van der Waals surface area contributed by atoms with Crippen LogP contribution in [0.25, 0.3) is 0 Å². The van der Waals surface area contributed by atoms with Crippen molar-refractivity contribution in [2.24, 2.45) is 4.99 Å². The van der Waals surface area contributed by atoms with E-state index in [0.717, 1.165) is 5.56 Å². The molecule has 0 bridgehead atoms. The number of nitrogens with one attached hydrogen (secondary N) is 1. The number of carbonyl (C=O) groups is 2. The van der Waals surface area contributed by atoms with E-state index in [1.807, 2.05) is 30.3 Å². The fraction of sp³-hybridized carbons (Fsp3) is 0.211. The highest BCUT2D eigenvalue weighted by atomic mass is 16.6. The average molecular weight is 367 g/mol. The number of benzodiazepines with no additional fused rings is 1. The van der Waals surface area contributed by atoms with E-state index in [-0.39, 0.29) is 24.4 Å². The summed E-state index contributed by atoms with van der Waals surface area (Å²) in [5.41, 5.74) is 1.99. The summed E-state index contributed by atoms with van der Waals surface area (Å²) in [6.07, 6.45) is 0.210. The lowest BCUT2D eigenvalue weighted by Crippen LogP contribution is -2.26. The van der Waals surface area contributed by atoms with Crippen LogP contribution in [0.15, 0.2) is 53.5 Å². The van der Waals surface area contributed by atoms with Crippen molar-refractivity contribution >= 4 is 29.0 Å². The third-order valence-corrected chi connectivity index (χ3v) is 4.21. The fourth-order valence-electron chi connectivity index (χ4n) is 2.83. The highest BCUT2D eigenvalue weighted by Crippen LogP contribution is 2.29. The number of nitrogens with zero attached hydrogens (tertiary/aromatic N) is 2. The Balaban J connectivity index is 2.09. The summed E-state index contributed by atoms with van der Waals surface area (Å²) in [5.74, 6) is -0.809. The Bertz CT molecular complexity index is 924. The van der Waals surface area contributed by atoms with E-state index in [2.05, 4.69) is 15.0 Å². The van der Waals surface area contributed by atoms with E-state index < -0.39 is 16.9 Å². The van der Waals surface area contributed by atoms with Gasteiger partial charge >= 0.3 is 5.97 Å². The molecule has 8 heteroatoms. The van der Waals surface area contributed by atoms with Gasteiger partial charge in [-0.15, -0.1) is 0 Å². The van der Waals surface area contributed by atoms with Crippen LogP contribution in [0, 0.1) is 10.1 Å². The molecule has 0 spiro atoms. The molecule has 2 aromatic carbocycles. The Morgan fingerprint density at radius 3 is 2.67 bits per heavy atom. The predicted octanol–water partition coefficient (Wildman–Crippen LogP) is 2.71. The van der Waals surface area contributed by atoms with Crippen molar-refractivity contribution in [2.75, 3.05) is 12.4 Å². The minimum atomic E-state index is -0.814. The summed E-state index contributed by atoms with van der Waals surface area (Å²) in [4.78, 5) is 39.3. The number of anilines is 1. The topological polar surface area (TPSA) is 111 Å². The first kappa shape index (κ1) is 18.2. The van der Waals surface area contributed by atoms with Crippen LogP contribution in [0.4, 0.5) is 11.4 Å². The van der Waals surface area contributed by atoms with E-state index in [0.29, 0.717) is 17.0 Å². The smallest absolute Gasteiger partial charge is 0.305 e. The SMILES string of the molecule is COC(=O)CC[C@@H]1N=C(c2ccccc2)c2cc([N+](=O)[O-])ccc2NC1=O. The van der Waals surface area contributed by atoms with Crippen molar-refractivity contribution in [1.82, 2.24) is 0 Å². The average Bonchev–Trinajstić information content (AvgIpc) is 2.82. The standard InChI is InChI=1S/C19H17N3O5/c1-27-17(23)10-9-16-19(24)21-15-8-7-13(22(25)26)11-14(15)18(20-16)12-5-3-2-4-6-12/h2-8,11,16H,9-10H2,1H3,(H,21,24)/t16-/m0/s1. The monoisotopic (exact) mass is 367 g/mol. The van der Waals surface area contributed by atoms with E-state index in [1.165, 1.54) is 25.3 Å². The highest BCUT2D eigenvalue weighted by Gasteiger charge is 2.27. The number of non-ortho nitro benzene ring substituents is 1. The zero-order chi connectivity index (χ0) is 19.4. The van der Waals surface area contributed by atoms with Gasteiger partial charge in [0.25, 0.3) is 5.69 Å². The number of rotatable bonds is 5. The molecule has 0 aromatic heterocycles. The van der Waals surface area contributed by atoms with E-state index in [1.54, 1.807) is 0 Å². The van der Waals surface area contributed by atoms with Gasteiger partial charge in [0.1, 0.15) is 6.04 Å². The van der Waals surface area contributed by atoms with Gasteiger partial charge in [-0.2, -0.15) is 0 Å². The van der Waals surface area contributed by atoms with Crippen LogP contribution in [0.2, 0.25) is 0 Å². The Hall–Kier alpha value is -3.55. The van der Waals surface area contributed by atoms with Gasteiger partial charge < -0.3 is 10.1 Å². The molecule has 0 fully saturated rings. The number of hydrogen-bond acceptors (Lipinski definition) is 6. The van der Waals surface area contributed by atoms with Crippen LogP contribution < -0.4 is 5.32 Å². The summed E-state index contributed by atoms with van der Waals surface area (Å²) in [6, 6.07) is 12.5. The molecule has 0 aliphatic carbocycles. The number of benzene rings is 2. The van der Waals surface area contributed by atoms with Gasteiger partial charge in [-0.1, -0.05) is 30.3 Å². The summed E-state index contributed by atoms with van der Waals surface area (Å²) >= 11 is 0. The number of amides is 1. The van der Waals surface area contributed by atoms with Crippen LogP contribution in [0.1, 0.15) is 24.0 Å². The number of carbonyl (C=O) groups excluding carboxylic acids is 2. The summed E-state index contributed by atoms with van der Waals surface area (Å²) in [5, 5.41) is 13.9. The number of nitro benzene ring substituents is 1. The summed E-state index contributed by atoms with van der Waals surface area (Å²) in [7, 11) is 1.28. The van der Waals surface area contributed by atoms with Gasteiger partial charge in [0.05, 0.1) is 23.4 Å². The van der Waals surface area contributed by atoms with E-state index >= 15 is 0 Å². The molecule has 1 N–H and O–H groups in total. The van der Waals surface area contributed by atoms with E-state index in [4.69, 9.17) is 0 Å². The molecule has 1 atom stereocenters. The summed E-state index contributed by atoms with van der Waals surface area (Å²) in [6.45, 7) is 0. The first-order chi connectivity index (χ1) is 13.0. The maximum absolute atomic E-state index is 12.6. The molecule has 0 saturated carbocycles. The first-order valence-corrected chi connectivity index (χ1v) is 8.29. The lowest BCUT2D eigenvalue weighted by Gasteiger charge is -2.10. The number of ether oxygens (including phenoxy) is 1. The second-order valence-electron chi connectivity index (χ2n) is 5.95. The normalized spacial score (nSPS) is 15.8. The van der Waals surface area contributed by atoms with Crippen LogP contribution in [0.5, 0.6) is 0 Å². The molecule has 1 heterocycles. The van der Waals surface area contributed by atoms with Gasteiger partial charge in [-0.3, -0.25) is 24.7 Å². The van der Waals surface area contributed by atoms with E-state index in [9.17, 15) is 19.7 Å². The second kappa shape index (κ2) is 7.77. The Morgan fingerprint density at radius 2 is 2.00 bits per heavy atom. The lowest BCUT2D eigenvalue weighted by molar-refractivity contribution is -0.384. The van der Waals surface area contributed by atoms with Crippen LogP contribution >= 0.6 is 0 Å². The maximum atomic E-state index is 12.6. The molecular weight excluding hydrogens is 350 g/mol. The number of nitro groups is 1. The van der Waals surface area contributed by atoms with Crippen molar-refractivity contribution < 1.29 is 19.2 Å². The van der Waals surface area contributed by atoms with Crippen LogP contribution in [0.3, 0.4) is 0 Å². The Morgan fingerprint density at radius 1 is 1.26 bits per heavy atom. The molecule has 2 aromatic rings. The third kappa shape index (κ3) is 4.00. The molecule has 8 nitrogen and oxygen atoms in total. The largest absolute Gasteiger partial charge is 0.469 e. The second-order valence-corrected chi connectivity index (χ2v) is 5.95. The number of fused-ring (bicyclic) bond motifs is 1. The van der Waals surface area contributed by atoms with Crippen molar-refractivity contribution in [3.8, 4) is 0 Å². The van der Waals surface area contributed by atoms with Crippen LogP contribution in [-0.2, 0) is 14.3 Å². The van der Waals surface area contributed by atoms with Gasteiger partial charge in [0, 0.05) is 29.7 Å². The molecule has 3 rings (SSSR count). The number of hydrogen-bond donors (Lipinski definition) is 1. The van der Waals surface area contributed by atoms with Gasteiger partial charge in [0.2, 0.25) is 5.91 Å².